The van der Waals surface area contributed by atoms with Crippen molar-refractivity contribution in [3.05, 3.63) is 72.8 Å². The predicted octanol–water partition coefficient (Wildman–Crippen LogP) is 6.93. The van der Waals surface area contributed by atoms with Crippen LogP contribution in [0.2, 0.25) is 0 Å². The summed E-state index contributed by atoms with van der Waals surface area (Å²) in [4.78, 5) is 0.905. The van der Waals surface area contributed by atoms with Gasteiger partial charge in [0.2, 0.25) is 0 Å². The summed E-state index contributed by atoms with van der Waals surface area (Å²) in [5, 5.41) is -0.863. The first-order valence-corrected chi connectivity index (χ1v) is 15.3. The van der Waals surface area contributed by atoms with E-state index >= 15 is 0 Å². The first-order valence-electron chi connectivity index (χ1n) is 12.6. The van der Waals surface area contributed by atoms with Crippen LogP contribution in [0.25, 0.3) is 0 Å². The van der Waals surface area contributed by atoms with Crippen molar-refractivity contribution in [2.75, 3.05) is 0 Å². The average molecular weight is 504 g/mol. The molecule has 1 N–H and O–H groups in total. The zero-order chi connectivity index (χ0) is 24.8. The molecule has 34 heavy (non-hydrogen) atoms. The molecule has 0 saturated heterocycles. The molecule has 0 aliphatic carbocycles. The van der Waals surface area contributed by atoms with E-state index in [9.17, 15) is 12.6 Å². The van der Waals surface area contributed by atoms with Gasteiger partial charge < -0.3 is 0 Å². The van der Waals surface area contributed by atoms with E-state index in [0.29, 0.717) is 11.3 Å². The summed E-state index contributed by atoms with van der Waals surface area (Å²) < 4.78 is 43.0. The van der Waals surface area contributed by atoms with Crippen molar-refractivity contribution in [1.29, 1.82) is 0 Å². The van der Waals surface area contributed by atoms with E-state index in [-0.39, 0.29) is 4.90 Å². The van der Waals surface area contributed by atoms with Gasteiger partial charge >= 0.3 is 0 Å². The molecule has 0 spiro atoms. The van der Waals surface area contributed by atoms with E-state index in [1.165, 1.54) is 44.6 Å². The molecule has 188 valence electrons. The molecule has 0 heterocycles. The molecule has 0 unspecified atom stereocenters. The SMILES string of the molecule is C=C[C@@H]([C@@H](CCCCCCCCCCC)N[S@@](=O)c1ccc(C)cc1)S(=O)(=O)c1ccccc1. The fourth-order valence-electron chi connectivity index (χ4n) is 4.11. The second-order valence-electron chi connectivity index (χ2n) is 8.98. The van der Waals surface area contributed by atoms with E-state index in [4.69, 9.17) is 0 Å². The van der Waals surface area contributed by atoms with Crippen molar-refractivity contribution in [2.45, 2.75) is 99.1 Å². The predicted molar refractivity (Wildman–Crippen MR) is 144 cm³/mol. The third-order valence-corrected chi connectivity index (χ3v) is 9.56. The summed E-state index contributed by atoms with van der Waals surface area (Å²) in [5.74, 6) is 0. The Morgan fingerprint density at radius 3 is 2.00 bits per heavy atom. The van der Waals surface area contributed by atoms with E-state index in [1.807, 2.05) is 31.2 Å². The van der Waals surface area contributed by atoms with Crippen molar-refractivity contribution in [3.8, 4) is 0 Å². The van der Waals surface area contributed by atoms with E-state index in [0.717, 1.165) is 24.8 Å². The van der Waals surface area contributed by atoms with Crippen molar-refractivity contribution in [1.82, 2.24) is 4.72 Å². The summed E-state index contributed by atoms with van der Waals surface area (Å²) in [6.45, 7) is 8.05. The molecule has 0 aliphatic rings. The van der Waals surface area contributed by atoms with Crippen molar-refractivity contribution >= 4 is 20.8 Å². The second-order valence-corrected chi connectivity index (χ2v) is 12.3. The maximum atomic E-state index is 13.4. The zero-order valence-electron chi connectivity index (χ0n) is 20.7. The average Bonchev–Trinajstić information content (AvgIpc) is 2.84. The normalized spacial score (nSPS) is 14.4. The molecule has 4 nitrogen and oxygen atoms in total. The Kier molecular flexibility index (Phi) is 12.8. The van der Waals surface area contributed by atoms with Gasteiger partial charge in [-0.25, -0.2) is 17.3 Å². The molecule has 0 fully saturated rings. The van der Waals surface area contributed by atoms with Crippen molar-refractivity contribution in [2.24, 2.45) is 0 Å². The highest BCUT2D eigenvalue weighted by Gasteiger charge is 2.33. The van der Waals surface area contributed by atoms with Gasteiger partial charge in [0.25, 0.3) is 0 Å². The topological polar surface area (TPSA) is 63.2 Å². The Balaban J connectivity index is 2.07. The molecule has 2 aromatic carbocycles. The Morgan fingerprint density at radius 2 is 1.44 bits per heavy atom. The molecule has 0 radical (unpaired) electrons. The third kappa shape index (κ3) is 9.12. The van der Waals surface area contributed by atoms with Gasteiger partial charge in [-0.1, -0.05) is 107 Å². The minimum absolute atomic E-state index is 0.264. The number of unbranched alkanes of at least 4 members (excludes halogenated alkanes) is 8. The summed E-state index contributed by atoms with van der Waals surface area (Å²) in [5.41, 5.74) is 1.09. The molecule has 6 heteroatoms. The molecule has 2 rings (SSSR count). The largest absolute Gasteiger partial charge is 0.237 e. The molecule has 0 amide bonds. The van der Waals surface area contributed by atoms with Crippen molar-refractivity contribution in [3.63, 3.8) is 0 Å². The lowest BCUT2D eigenvalue weighted by molar-refractivity contribution is 0.497. The third-order valence-electron chi connectivity index (χ3n) is 6.17. The monoisotopic (exact) mass is 503 g/mol. The van der Waals surface area contributed by atoms with Crippen LogP contribution < -0.4 is 4.72 Å². The highest BCUT2D eigenvalue weighted by molar-refractivity contribution is 7.92. The van der Waals surface area contributed by atoms with Gasteiger partial charge in [0.1, 0.15) is 11.0 Å². The minimum atomic E-state index is -3.66. The van der Waals surface area contributed by atoms with Crippen LogP contribution in [0.5, 0.6) is 0 Å². The molecular formula is C28H41NO3S2. The quantitative estimate of drug-likeness (QED) is 0.188. The van der Waals surface area contributed by atoms with E-state index in [1.54, 1.807) is 30.3 Å². The highest BCUT2D eigenvalue weighted by Crippen LogP contribution is 2.23. The molecule has 0 aliphatic heterocycles. The minimum Gasteiger partial charge on any atom is -0.237 e. The van der Waals surface area contributed by atoms with Gasteiger partial charge in [0.05, 0.1) is 15.0 Å². The van der Waals surface area contributed by atoms with Gasteiger partial charge in [-0.05, 0) is 37.6 Å². The fraction of sp³-hybridized carbons (Fsp3) is 0.500. The standard InChI is InChI=1S/C28H41NO3S2/c1-4-6-7-8-9-10-11-12-16-19-27(29-33(30)25-22-20-24(3)21-23-25)28(5-2)34(31,32)26-17-14-13-15-18-26/h5,13-15,17-18,20-23,27-29H,2,4,6-12,16,19H2,1,3H3/t27-,28+,33+/m1/s1. The Labute approximate surface area is 209 Å². The van der Waals surface area contributed by atoms with Crippen LogP contribution in [-0.4, -0.2) is 23.9 Å². The Hall–Kier alpha value is -1.76. The lowest BCUT2D eigenvalue weighted by Crippen LogP contribution is -2.44. The number of rotatable bonds is 17. The molecule has 3 atom stereocenters. The van der Waals surface area contributed by atoms with E-state index in [2.05, 4.69) is 18.2 Å². The van der Waals surface area contributed by atoms with Crippen LogP contribution in [0.15, 0.2) is 77.0 Å². The Bertz CT molecular complexity index is 972. The van der Waals surface area contributed by atoms with Gasteiger partial charge in [0, 0.05) is 6.04 Å². The lowest BCUT2D eigenvalue weighted by Gasteiger charge is -2.25. The second kappa shape index (κ2) is 15.3. The van der Waals surface area contributed by atoms with Gasteiger partial charge in [-0.2, -0.15) is 0 Å². The van der Waals surface area contributed by atoms with Crippen molar-refractivity contribution < 1.29 is 12.6 Å². The highest BCUT2D eigenvalue weighted by atomic mass is 32.2. The first kappa shape index (κ1) is 28.5. The lowest BCUT2D eigenvalue weighted by atomic mass is 10.0. The van der Waals surface area contributed by atoms with Crippen LogP contribution >= 0.6 is 0 Å². The number of hydrogen-bond acceptors (Lipinski definition) is 3. The fourth-order valence-corrected chi connectivity index (χ4v) is 6.99. The number of hydrogen-bond donors (Lipinski definition) is 1. The zero-order valence-corrected chi connectivity index (χ0v) is 22.4. The number of benzene rings is 2. The van der Waals surface area contributed by atoms with Crippen LogP contribution in [0.3, 0.4) is 0 Å². The summed E-state index contributed by atoms with van der Waals surface area (Å²) >= 11 is 0. The summed E-state index contributed by atoms with van der Waals surface area (Å²) in [7, 11) is -5.17. The van der Waals surface area contributed by atoms with Gasteiger partial charge in [0.15, 0.2) is 9.84 Å². The van der Waals surface area contributed by atoms with Crippen LogP contribution in [0.1, 0.15) is 76.7 Å². The smallest absolute Gasteiger partial charge is 0.186 e. The van der Waals surface area contributed by atoms with Crippen LogP contribution in [-0.2, 0) is 20.8 Å². The molecule has 0 saturated carbocycles. The molecule has 2 aromatic rings. The molecule has 0 aromatic heterocycles. The number of sulfone groups is 1. The first-order chi connectivity index (χ1) is 16.4. The van der Waals surface area contributed by atoms with E-state index < -0.39 is 32.1 Å². The summed E-state index contributed by atoms with van der Waals surface area (Å²) in [6, 6.07) is 15.4. The van der Waals surface area contributed by atoms with Crippen LogP contribution in [0, 0.1) is 6.92 Å². The maximum Gasteiger partial charge on any atom is 0.186 e. The number of aryl methyl sites for hydroxylation is 1. The summed E-state index contributed by atoms with van der Waals surface area (Å²) in [6.07, 6.45) is 12.8. The van der Waals surface area contributed by atoms with Crippen LogP contribution in [0.4, 0.5) is 0 Å². The molecule has 0 bridgehead atoms. The van der Waals surface area contributed by atoms with Gasteiger partial charge in [-0.15, -0.1) is 6.58 Å². The maximum absolute atomic E-state index is 13.4. The van der Waals surface area contributed by atoms with Gasteiger partial charge in [-0.3, -0.25) is 0 Å². The molecular weight excluding hydrogens is 462 g/mol. The Morgan fingerprint density at radius 1 is 0.882 bits per heavy atom. The number of nitrogens with one attached hydrogen (secondary N) is 1.